The zero-order valence-corrected chi connectivity index (χ0v) is 13.0. The SMILES string of the molecule is Cl.O=C(Nc1cccc(C(=O)NC2CCNC2)c1)NC1CC1. The van der Waals surface area contributed by atoms with E-state index in [4.69, 9.17) is 0 Å². The molecule has 0 spiro atoms. The molecule has 1 aliphatic heterocycles. The number of anilines is 1. The Kier molecular flexibility index (Phi) is 5.63. The smallest absolute Gasteiger partial charge is 0.319 e. The van der Waals surface area contributed by atoms with E-state index in [9.17, 15) is 9.59 Å². The predicted molar refractivity (Wildman–Crippen MR) is 87.6 cm³/mol. The van der Waals surface area contributed by atoms with Gasteiger partial charge in [-0.2, -0.15) is 0 Å². The zero-order chi connectivity index (χ0) is 14.7. The highest BCUT2D eigenvalue weighted by Gasteiger charge is 2.23. The van der Waals surface area contributed by atoms with E-state index in [1.165, 1.54) is 0 Å². The first-order chi connectivity index (χ1) is 10.2. The fourth-order valence-corrected chi connectivity index (χ4v) is 2.37. The first-order valence-electron chi connectivity index (χ1n) is 7.40. The third-order valence-electron chi connectivity index (χ3n) is 3.69. The van der Waals surface area contributed by atoms with Crippen molar-refractivity contribution in [3.63, 3.8) is 0 Å². The Bertz CT molecular complexity index is 542. The van der Waals surface area contributed by atoms with E-state index in [2.05, 4.69) is 21.3 Å². The largest absolute Gasteiger partial charge is 0.348 e. The van der Waals surface area contributed by atoms with Gasteiger partial charge in [-0.1, -0.05) is 6.07 Å². The Morgan fingerprint density at radius 2 is 1.91 bits per heavy atom. The maximum Gasteiger partial charge on any atom is 0.319 e. The molecular formula is C15H21ClN4O2. The lowest BCUT2D eigenvalue weighted by atomic mass is 10.1. The minimum absolute atomic E-state index is 0. The number of carbonyl (C=O) groups excluding carboxylic acids is 2. The minimum Gasteiger partial charge on any atom is -0.348 e. The maximum absolute atomic E-state index is 12.2. The van der Waals surface area contributed by atoms with Crippen molar-refractivity contribution in [1.82, 2.24) is 16.0 Å². The molecule has 7 heteroatoms. The molecule has 120 valence electrons. The average Bonchev–Trinajstić information content (AvgIpc) is 3.12. The summed E-state index contributed by atoms with van der Waals surface area (Å²) < 4.78 is 0. The molecule has 0 radical (unpaired) electrons. The molecule has 2 fully saturated rings. The van der Waals surface area contributed by atoms with Gasteiger partial charge in [0.15, 0.2) is 0 Å². The fraction of sp³-hybridized carbons (Fsp3) is 0.467. The molecule has 0 bridgehead atoms. The molecule has 1 aliphatic carbocycles. The first kappa shape index (κ1) is 16.6. The number of benzene rings is 1. The highest BCUT2D eigenvalue weighted by atomic mass is 35.5. The van der Waals surface area contributed by atoms with Crippen molar-refractivity contribution in [2.75, 3.05) is 18.4 Å². The second kappa shape index (κ2) is 7.47. The van der Waals surface area contributed by atoms with Crippen LogP contribution in [-0.4, -0.2) is 37.1 Å². The van der Waals surface area contributed by atoms with Gasteiger partial charge in [0.1, 0.15) is 0 Å². The summed E-state index contributed by atoms with van der Waals surface area (Å²) in [5.41, 5.74) is 1.19. The van der Waals surface area contributed by atoms with Crippen LogP contribution in [0.25, 0.3) is 0 Å². The number of halogens is 1. The van der Waals surface area contributed by atoms with E-state index in [1.54, 1.807) is 24.3 Å². The molecule has 6 nitrogen and oxygen atoms in total. The van der Waals surface area contributed by atoms with Gasteiger partial charge in [-0.3, -0.25) is 4.79 Å². The topological polar surface area (TPSA) is 82.3 Å². The van der Waals surface area contributed by atoms with Gasteiger partial charge < -0.3 is 21.3 Å². The predicted octanol–water partition coefficient (Wildman–Crippen LogP) is 1.48. The van der Waals surface area contributed by atoms with E-state index < -0.39 is 0 Å². The van der Waals surface area contributed by atoms with Gasteiger partial charge in [-0.25, -0.2) is 4.79 Å². The summed E-state index contributed by atoms with van der Waals surface area (Å²) in [7, 11) is 0. The van der Waals surface area contributed by atoms with Crippen LogP contribution in [-0.2, 0) is 0 Å². The van der Waals surface area contributed by atoms with Crippen molar-refractivity contribution in [2.45, 2.75) is 31.3 Å². The van der Waals surface area contributed by atoms with Crippen molar-refractivity contribution in [1.29, 1.82) is 0 Å². The van der Waals surface area contributed by atoms with Crippen LogP contribution in [0, 0.1) is 0 Å². The molecule has 22 heavy (non-hydrogen) atoms. The molecular weight excluding hydrogens is 304 g/mol. The maximum atomic E-state index is 12.2. The summed E-state index contributed by atoms with van der Waals surface area (Å²) in [4.78, 5) is 23.9. The normalized spacial score (nSPS) is 19.9. The van der Waals surface area contributed by atoms with Crippen LogP contribution in [0.3, 0.4) is 0 Å². The van der Waals surface area contributed by atoms with Crippen molar-refractivity contribution < 1.29 is 9.59 Å². The van der Waals surface area contributed by atoms with Gasteiger partial charge in [0, 0.05) is 29.9 Å². The van der Waals surface area contributed by atoms with Gasteiger partial charge in [-0.15, -0.1) is 12.4 Å². The lowest BCUT2D eigenvalue weighted by molar-refractivity contribution is 0.0940. The second-order valence-corrected chi connectivity index (χ2v) is 5.62. The molecule has 1 unspecified atom stereocenters. The van der Waals surface area contributed by atoms with Crippen LogP contribution in [0.4, 0.5) is 10.5 Å². The fourth-order valence-electron chi connectivity index (χ4n) is 2.37. The van der Waals surface area contributed by atoms with Crippen molar-refractivity contribution in [2.24, 2.45) is 0 Å². The molecule has 1 heterocycles. The lowest BCUT2D eigenvalue weighted by Gasteiger charge is -2.12. The zero-order valence-electron chi connectivity index (χ0n) is 12.2. The van der Waals surface area contributed by atoms with Crippen LogP contribution in [0.2, 0.25) is 0 Å². The molecule has 1 aromatic rings. The van der Waals surface area contributed by atoms with E-state index in [-0.39, 0.29) is 30.4 Å². The highest BCUT2D eigenvalue weighted by molar-refractivity contribution is 5.97. The highest BCUT2D eigenvalue weighted by Crippen LogP contribution is 2.19. The van der Waals surface area contributed by atoms with Crippen molar-refractivity contribution >= 4 is 30.0 Å². The second-order valence-electron chi connectivity index (χ2n) is 5.62. The monoisotopic (exact) mass is 324 g/mol. The number of urea groups is 1. The Labute approximate surface area is 135 Å². The van der Waals surface area contributed by atoms with Crippen LogP contribution < -0.4 is 21.3 Å². The Morgan fingerprint density at radius 3 is 2.59 bits per heavy atom. The molecule has 0 aromatic heterocycles. The summed E-state index contributed by atoms with van der Waals surface area (Å²) in [6, 6.07) is 7.29. The number of hydrogen-bond acceptors (Lipinski definition) is 3. The van der Waals surface area contributed by atoms with E-state index in [0.29, 0.717) is 17.3 Å². The summed E-state index contributed by atoms with van der Waals surface area (Å²) in [5.74, 6) is -0.102. The van der Waals surface area contributed by atoms with Crippen LogP contribution in [0.1, 0.15) is 29.6 Å². The molecule has 1 aromatic carbocycles. The van der Waals surface area contributed by atoms with E-state index in [1.807, 2.05) is 0 Å². The standard InChI is InChI=1S/C15H20N4O2.ClH/c20-14(17-13-6-7-16-9-13)10-2-1-3-12(8-10)19-15(21)18-11-4-5-11;/h1-3,8,11,13,16H,4-7,9H2,(H,17,20)(H2,18,19,21);1H. The first-order valence-corrected chi connectivity index (χ1v) is 7.40. The van der Waals surface area contributed by atoms with Crippen LogP contribution >= 0.6 is 12.4 Å². The van der Waals surface area contributed by atoms with Gasteiger partial charge in [0.25, 0.3) is 5.91 Å². The van der Waals surface area contributed by atoms with Crippen LogP contribution in [0.15, 0.2) is 24.3 Å². The number of rotatable bonds is 4. The van der Waals surface area contributed by atoms with Gasteiger partial charge in [-0.05, 0) is 44.0 Å². The van der Waals surface area contributed by atoms with Gasteiger partial charge in [0.2, 0.25) is 0 Å². The molecule has 1 saturated heterocycles. The Morgan fingerprint density at radius 1 is 1.09 bits per heavy atom. The van der Waals surface area contributed by atoms with Gasteiger partial charge in [0.05, 0.1) is 0 Å². The number of hydrogen-bond donors (Lipinski definition) is 4. The van der Waals surface area contributed by atoms with Crippen molar-refractivity contribution in [3.8, 4) is 0 Å². The third-order valence-corrected chi connectivity index (χ3v) is 3.69. The van der Waals surface area contributed by atoms with E-state index in [0.717, 1.165) is 32.4 Å². The molecule has 4 N–H and O–H groups in total. The molecule has 1 saturated carbocycles. The van der Waals surface area contributed by atoms with Crippen LogP contribution in [0.5, 0.6) is 0 Å². The summed E-state index contributed by atoms with van der Waals surface area (Å²) in [5, 5.41) is 11.8. The average molecular weight is 325 g/mol. The summed E-state index contributed by atoms with van der Waals surface area (Å²) in [6.07, 6.45) is 3.05. The third kappa shape index (κ3) is 4.61. The summed E-state index contributed by atoms with van der Waals surface area (Å²) in [6.45, 7) is 1.75. The molecule has 3 rings (SSSR count). The molecule has 1 atom stereocenters. The summed E-state index contributed by atoms with van der Waals surface area (Å²) >= 11 is 0. The number of nitrogens with one attached hydrogen (secondary N) is 4. The number of carbonyl (C=O) groups is 2. The van der Waals surface area contributed by atoms with Gasteiger partial charge >= 0.3 is 6.03 Å². The quantitative estimate of drug-likeness (QED) is 0.677. The molecule has 3 amide bonds. The minimum atomic E-state index is -0.213. The van der Waals surface area contributed by atoms with Crippen molar-refractivity contribution in [3.05, 3.63) is 29.8 Å². The van der Waals surface area contributed by atoms with E-state index >= 15 is 0 Å². The molecule has 2 aliphatic rings. The Hall–Kier alpha value is -1.79. The number of amides is 3. The lowest BCUT2D eigenvalue weighted by Crippen LogP contribution is -2.36. The Balaban J connectivity index is 0.00000176.